The Morgan fingerprint density at radius 2 is 1.81 bits per heavy atom. The molecule has 0 bridgehead atoms. The van der Waals surface area contributed by atoms with E-state index < -0.39 is 17.1 Å². The summed E-state index contributed by atoms with van der Waals surface area (Å²) in [4.78, 5) is 50.2. The monoisotopic (exact) mass is 454 g/mol. The quantitative estimate of drug-likeness (QED) is 0.476. The van der Waals surface area contributed by atoms with E-state index in [1.807, 2.05) is 12.1 Å². The minimum absolute atomic E-state index is 0.0410. The Kier molecular flexibility index (Phi) is 7.67. The van der Waals surface area contributed by atoms with Gasteiger partial charge in [0.2, 0.25) is 5.91 Å². The lowest BCUT2D eigenvalue weighted by Gasteiger charge is -2.12. The summed E-state index contributed by atoms with van der Waals surface area (Å²) in [6.07, 6.45) is 1.55. The van der Waals surface area contributed by atoms with Crippen LogP contribution < -0.4 is 10.1 Å². The van der Waals surface area contributed by atoms with E-state index in [1.165, 1.54) is 7.11 Å². The summed E-state index contributed by atoms with van der Waals surface area (Å²) in [5.41, 5.74) is 1.56. The summed E-state index contributed by atoms with van der Waals surface area (Å²) in [6.45, 7) is 1.96. The molecule has 166 valence electrons. The number of anilines is 1. The van der Waals surface area contributed by atoms with E-state index in [-0.39, 0.29) is 30.4 Å². The smallest absolute Gasteiger partial charge is 0.338 e. The number of nitrogens with zero attached hydrogens (tertiary/aromatic N) is 1. The third-order valence-electron chi connectivity index (χ3n) is 4.54. The number of hydrogen-bond donors (Lipinski definition) is 1. The zero-order valence-corrected chi connectivity index (χ0v) is 18.4. The van der Waals surface area contributed by atoms with Crippen molar-refractivity contribution >= 4 is 46.5 Å². The summed E-state index contributed by atoms with van der Waals surface area (Å²) in [5, 5.41) is 2.25. The molecule has 0 unspecified atom stereocenters. The first-order valence-corrected chi connectivity index (χ1v) is 10.7. The standard InChI is InChI=1S/C23H22N2O6S/c1-3-31-22(28)15-8-10-17(11-9-15)24-20(26)12-13-25-21(27)19(32-23(25)29)14-16-6-4-5-7-18(16)30-2/h4-11,14H,3,12-13H2,1-2H3,(H,24,26). The van der Waals surface area contributed by atoms with E-state index in [2.05, 4.69) is 5.32 Å². The fourth-order valence-corrected chi connectivity index (χ4v) is 3.82. The molecule has 0 aliphatic carbocycles. The molecule has 32 heavy (non-hydrogen) atoms. The van der Waals surface area contributed by atoms with Gasteiger partial charge in [0.25, 0.3) is 11.1 Å². The number of ether oxygens (including phenoxy) is 2. The molecule has 2 aromatic carbocycles. The molecule has 0 radical (unpaired) electrons. The summed E-state index contributed by atoms with van der Waals surface area (Å²) < 4.78 is 10.2. The fraction of sp³-hybridized carbons (Fsp3) is 0.217. The Morgan fingerprint density at radius 1 is 1.09 bits per heavy atom. The highest BCUT2D eigenvalue weighted by molar-refractivity contribution is 8.18. The number of nitrogens with one attached hydrogen (secondary N) is 1. The van der Waals surface area contributed by atoms with Crippen LogP contribution in [-0.4, -0.2) is 48.2 Å². The van der Waals surface area contributed by atoms with Gasteiger partial charge in [-0.1, -0.05) is 18.2 Å². The molecular formula is C23H22N2O6S. The Morgan fingerprint density at radius 3 is 2.50 bits per heavy atom. The second-order valence-corrected chi connectivity index (χ2v) is 7.66. The van der Waals surface area contributed by atoms with E-state index in [9.17, 15) is 19.2 Å². The number of methoxy groups -OCH3 is 1. The van der Waals surface area contributed by atoms with Crippen LogP contribution in [0.3, 0.4) is 0 Å². The highest BCUT2D eigenvalue weighted by Crippen LogP contribution is 2.34. The highest BCUT2D eigenvalue weighted by atomic mass is 32.2. The number of benzene rings is 2. The third-order valence-corrected chi connectivity index (χ3v) is 5.45. The summed E-state index contributed by atoms with van der Waals surface area (Å²) in [7, 11) is 1.53. The predicted molar refractivity (Wildman–Crippen MR) is 121 cm³/mol. The predicted octanol–water partition coefficient (Wildman–Crippen LogP) is 3.94. The molecule has 0 saturated carbocycles. The average Bonchev–Trinajstić information content (AvgIpc) is 3.05. The molecule has 1 saturated heterocycles. The van der Waals surface area contributed by atoms with Gasteiger partial charge < -0.3 is 14.8 Å². The van der Waals surface area contributed by atoms with Gasteiger partial charge in [0.05, 0.1) is 24.2 Å². The second-order valence-electron chi connectivity index (χ2n) is 6.67. The third kappa shape index (κ3) is 5.55. The number of esters is 1. The van der Waals surface area contributed by atoms with Crippen molar-refractivity contribution in [3.8, 4) is 5.75 Å². The number of rotatable bonds is 8. The van der Waals surface area contributed by atoms with E-state index in [4.69, 9.17) is 9.47 Å². The minimum atomic E-state index is -0.447. The Hall–Kier alpha value is -3.59. The van der Waals surface area contributed by atoms with Crippen LogP contribution >= 0.6 is 11.8 Å². The average molecular weight is 455 g/mol. The SMILES string of the molecule is CCOC(=O)c1ccc(NC(=O)CCN2C(=O)SC(=Cc3ccccc3OC)C2=O)cc1. The minimum Gasteiger partial charge on any atom is -0.496 e. The molecule has 0 aromatic heterocycles. The van der Waals surface area contributed by atoms with Crippen LogP contribution in [0.25, 0.3) is 6.08 Å². The van der Waals surface area contributed by atoms with E-state index in [0.29, 0.717) is 22.6 Å². The lowest BCUT2D eigenvalue weighted by atomic mass is 10.2. The van der Waals surface area contributed by atoms with Gasteiger partial charge in [-0.25, -0.2) is 4.79 Å². The molecule has 3 rings (SSSR count). The van der Waals surface area contributed by atoms with Gasteiger partial charge in [-0.15, -0.1) is 0 Å². The zero-order chi connectivity index (χ0) is 23.1. The van der Waals surface area contributed by atoms with Gasteiger partial charge in [0, 0.05) is 24.2 Å². The van der Waals surface area contributed by atoms with Gasteiger partial charge in [-0.2, -0.15) is 0 Å². The maximum Gasteiger partial charge on any atom is 0.338 e. The number of hydrogen-bond acceptors (Lipinski definition) is 7. The van der Waals surface area contributed by atoms with E-state index >= 15 is 0 Å². The summed E-state index contributed by atoms with van der Waals surface area (Å²) in [6, 6.07) is 13.4. The van der Waals surface area contributed by atoms with Crippen LogP contribution in [0.15, 0.2) is 53.4 Å². The van der Waals surface area contributed by atoms with Crippen molar-refractivity contribution < 1.29 is 28.7 Å². The van der Waals surface area contributed by atoms with Crippen LogP contribution in [0.5, 0.6) is 5.75 Å². The van der Waals surface area contributed by atoms with Gasteiger partial charge >= 0.3 is 5.97 Å². The number of imide groups is 1. The lowest BCUT2D eigenvalue weighted by Crippen LogP contribution is -2.31. The van der Waals surface area contributed by atoms with Crippen molar-refractivity contribution in [2.75, 3.05) is 25.6 Å². The maximum atomic E-state index is 12.6. The van der Waals surface area contributed by atoms with Crippen LogP contribution in [0.1, 0.15) is 29.3 Å². The van der Waals surface area contributed by atoms with Crippen LogP contribution in [0.2, 0.25) is 0 Å². The van der Waals surface area contributed by atoms with Crippen LogP contribution in [0, 0.1) is 0 Å². The molecule has 1 fully saturated rings. The Bertz CT molecular complexity index is 1060. The largest absolute Gasteiger partial charge is 0.496 e. The highest BCUT2D eigenvalue weighted by Gasteiger charge is 2.35. The van der Waals surface area contributed by atoms with Crippen molar-refractivity contribution in [2.24, 2.45) is 0 Å². The van der Waals surface area contributed by atoms with Crippen molar-refractivity contribution in [2.45, 2.75) is 13.3 Å². The van der Waals surface area contributed by atoms with Crippen LogP contribution in [-0.2, 0) is 14.3 Å². The number of carbonyl (C=O) groups is 4. The van der Waals surface area contributed by atoms with Crippen molar-refractivity contribution in [1.82, 2.24) is 4.90 Å². The first-order chi connectivity index (χ1) is 15.4. The number of carbonyl (C=O) groups excluding carboxylic acids is 4. The number of para-hydroxylation sites is 1. The Labute approximate surface area is 189 Å². The summed E-state index contributed by atoms with van der Waals surface area (Å²) >= 11 is 0.827. The molecule has 1 aliphatic heterocycles. The molecule has 3 amide bonds. The molecule has 0 spiro atoms. The molecule has 0 atom stereocenters. The number of thioether (sulfide) groups is 1. The van der Waals surface area contributed by atoms with Gasteiger partial charge in [0.1, 0.15) is 5.75 Å². The zero-order valence-electron chi connectivity index (χ0n) is 17.6. The van der Waals surface area contributed by atoms with Gasteiger partial charge in [0.15, 0.2) is 0 Å². The lowest BCUT2D eigenvalue weighted by molar-refractivity contribution is -0.123. The molecule has 1 aliphatic rings. The molecule has 9 heteroatoms. The van der Waals surface area contributed by atoms with Crippen molar-refractivity contribution in [3.63, 3.8) is 0 Å². The summed E-state index contributed by atoms with van der Waals surface area (Å²) in [5.74, 6) is -0.655. The van der Waals surface area contributed by atoms with Crippen LogP contribution in [0.4, 0.5) is 10.5 Å². The first kappa shape index (κ1) is 23.1. The normalized spacial score (nSPS) is 14.6. The molecule has 8 nitrogen and oxygen atoms in total. The molecular weight excluding hydrogens is 432 g/mol. The number of amides is 3. The van der Waals surface area contributed by atoms with Gasteiger partial charge in [-0.3, -0.25) is 19.3 Å². The van der Waals surface area contributed by atoms with Gasteiger partial charge in [-0.05, 0) is 55.1 Å². The van der Waals surface area contributed by atoms with E-state index in [0.717, 1.165) is 16.7 Å². The molecule has 1 heterocycles. The Balaban J connectivity index is 1.58. The molecule has 1 N–H and O–H groups in total. The molecule has 2 aromatic rings. The second kappa shape index (κ2) is 10.6. The fourth-order valence-electron chi connectivity index (χ4n) is 2.96. The van der Waals surface area contributed by atoms with E-state index in [1.54, 1.807) is 49.4 Å². The maximum absolute atomic E-state index is 12.6. The van der Waals surface area contributed by atoms with Crippen molar-refractivity contribution in [1.29, 1.82) is 0 Å². The topological polar surface area (TPSA) is 102 Å². The first-order valence-electron chi connectivity index (χ1n) is 9.88. The van der Waals surface area contributed by atoms with Crippen molar-refractivity contribution in [3.05, 3.63) is 64.6 Å².